The van der Waals surface area contributed by atoms with Gasteiger partial charge in [-0.05, 0) is 17.0 Å². The fraction of sp³-hybridized carbons (Fsp3) is 0.357. The van der Waals surface area contributed by atoms with Crippen LogP contribution in [0.25, 0.3) is 10.9 Å². The Balaban J connectivity index is 2.43. The molecular formula is C14H18N2O2. The quantitative estimate of drug-likeness (QED) is 0.774. The molecule has 0 aliphatic carbocycles. The molecule has 2 aromatic rings. The highest BCUT2D eigenvalue weighted by atomic mass is 16.4. The number of aromatic nitrogens is 1. The first kappa shape index (κ1) is 12.6. The summed E-state index contributed by atoms with van der Waals surface area (Å²) in [6, 6.07) is 5.24. The summed E-state index contributed by atoms with van der Waals surface area (Å²) in [5, 5.41) is 9.93. The van der Waals surface area contributed by atoms with Gasteiger partial charge in [0.25, 0.3) is 0 Å². The minimum Gasteiger partial charge on any atom is -0.480 e. The second kappa shape index (κ2) is 4.82. The molecule has 1 atom stereocenters. The highest BCUT2D eigenvalue weighted by Crippen LogP contribution is 2.27. The molecule has 1 heterocycles. The van der Waals surface area contributed by atoms with Crippen molar-refractivity contribution in [3.05, 3.63) is 35.5 Å². The largest absolute Gasteiger partial charge is 0.480 e. The average molecular weight is 246 g/mol. The van der Waals surface area contributed by atoms with Gasteiger partial charge in [0.05, 0.1) is 0 Å². The zero-order valence-electron chi connectivity index (χ0n) is 10.6. The minimum atomic E-state index is -0.968. The first-order valence-electron chi connectivity index (χ1n) is 6.08. The van der Waals surface area contributed by atoms with Gasteiger partial charge in [0, 0.05) is 23.5 Å². The highest BCUT2D eigenvalue weighted by molar-refractivity contribution is 5.87. The maximum Gasteiger partial charge on any atom is 0.320 e. The van der Waals surface area contributed by atoms with Gasteiger partial charge < -0.3 is 15.8 Å². The third-order valence-corrected chi connectivity index (χ3v) is 3.21. The number of carbonyl (C=O) groups is 1. The number of H-pyrrole nitrogens is 1. The predicted molar refractivity (Wildman–Crippen MR) is 71.7 cm³/mol. The van der Waals surface area contributed by atoms with E-state index in [1.807, 2.05) is 18.3 Å². The predicted octanol–water partition coefficient (Wildman–Crippen LogP) is 2.25. The van der Waals surface area contributed by atoms with Crippen molar-refractivity contribution in [2.45, 2.75) is 32.2 Å². The number of hydrogen-bond donors (Lipinski definition) is 3. The summed E-state index contributed by atoms with van der Waals surface area (Å²) in [5.74, 6) is -0.544. The summed E-state index contributed by atoms with van der Waals surface area (Å²) in [4.78, 5) is 14.0. The lowest BCUT2D eigenvalue weighted by molar-refractivity contribution is -0.138. The summed E-state index contributed by atoms with van der Waals surface area (Å²) >= 11 is 0. The molecule has 0 aliphatic rings. The molecule has 0 spiro atoms. The Morgan fingerprint density at radius 3 is 2.78 bits per heavy atom. The van der Waals surface area contributed by atoms with Crippen molar-refractivity contribution in [1.82, 2.24) is 4.98 Å². The number of hydrogen-bond acceptors (Lipinski definition) is 2. The van der Waals surface area contributed by atoms with E-state index in [9.17, 15) is 4.79 Å². The maximum absolute atomic E-state index is 10.8. The number of aromatic amines is 1. The van der Waals surface area contributed by atoms with E-state index in [1.165, 1.54) is 5.56 Å². The van der Waals surface area contributed by atoms with E-state index >= 15 is 0 Å². The molecular weight excluding hydrogens is 228 g/mol. The molecule has 1 aromatic heterocycles. The molecule has 0 bridgehead atoms. The molecule has 96 valence electrons. The van der Waals surface area contributed by atoms with Gasteiger partial charge in [-0.3, -0.25) is 4.79 Å². The van der Waals surface area contributed by atoms with Crippen molar-refractivity contribution in [1.29, 1.82) is 0 Å². The average Bonchev–Trinajstić information content (AvgIpc) is 2.72. The molecule has 0 saturated heterocycles. The number of fused-ring (bicyclic) bond motifs is 1. The van der Waals surface area contributed by atoms with Crippen LogP contribution in [0.4, 0.5) is 0 Å². The lowest BCUT2D eigenvalue weighted by Gasteiger charge is -2.08. The van der Waals surface area contributed by atoms with Crippen LogP contribution in [-0.2, 0) is 11.2 Å². The number of carboxylic acids is 1. The SMILES string of the molecule is CC(C)c1cccc2c(CC(N)C(=O)O)c[nH]c12. The van der Waals surface area contributed by atoms with Crippen LogP contribution in [0.15, 0.2) is 24.4 Å². The van der Waals surface area contributed by atoms with E-state index in [0.717, 1.165) is 16.5 Å². The first-order chi connectivity index (χ1) is 8.50. The number of nitrogens with two attached hydrogens (primary N) is 1. The van der Waals surface area contributed by atoms with Crippen molar-refractivity contribution in [3.63, 3.8) is 0 Å². The van der Waals surface area contributed by atoms with Crippen LogP contribution in [0.5, 0.6) is 0 Å². The summed E-state index contributed by atoms with van der Waals surface area (Å²) in [7, 11) is 0. The van der Waals surface area contributed by atoms with Crippen molar-refractivity contribution in [3.8, 4) is 0 Å². The lowest BCUT2D eigenvalue weighted by Crippen LogP contribution is -2.32. The number of carboxylic acid groups (broad SMARTS) is 1. The van der Waals surface area contributed by atoms with Crippen molar-refractivity contribution < 1.29 is 9.90 Å². The molecule has 4 nitrogen and oxygen atoms in total. The van der Waals surface area contributed by atoms with Gasteiger partial charge in [-0.1, -0.05) is 32.0 Å². The van der Waals surface area contributed by atoms with Crippen LogP contribution < -0.4 is 5.73 Å². The second-order valence-electron chi connectivity index (χ2n) is 4.89. The molecule has 0 radical (unpaired) electrons. The van der Waals surface area contributed by atoms with E-state index in [2.05, 4.69) is 24.9 Å². The van der Waals surface area contributed by atoms with Gasteiger partial charge in [0.2, 0.25) is 0 Å². The topological polar surface area (TPSA) is 79.1 Å². The highest BCUT2D eigenvalue weighted by Gasteiger charge is 2.16. The van der Waals surface area contributed by atoms with Gasteiger partial charge in [-0.15, -0.1) is 0 Å². The Kier molecular flexibility index (Phi) is 3.39. The molecule has 0 amide bonds. The van der Waals surface area contributed by atoms with E-state index in [0.29, 0.717) is 12.3 Å². The third-order valence-electron chi connectivity index (χ3n) is 3.21. The molecule has 4 N–H and O–H groups in total. The molecule has 18 heavy (non-hydrogen) atoms. The van der Waals surface area contributed by atoms with E-state index in [4.69, 9.17) is 10.8 Å². The molecule has 4 heteroatoms. The van der Waals surface area contributed by atoms with Gasteiger partial charge >= 0.3 is 5.97 Å². The fourth-order valence-corrected chi connectivity index (χ4v) is 2.21. The monoisotopic (exact) mass is 246 g/mol. The molecule has 0 aliphatic heterocycles. The van der Waals surface area contributed by atoms with Crippen molar-refractivity contribution in [2.75, 3.05) is 0 Å². The molecule has 1 aromatic carbocycles. The Morgan fingerprint density at radius 1 is 1.44 bits per heavy atom. The normalized spacial score (nSPS) is 13.1. The third kappa shape index (κ3) is 2.24. The van der Waals surface area contributed by atoms with E-state index in [-0.39, 0.29) is 0 Å². The molecule has 2 rings (SSSR count). The minimum absolute atomic E-state index is 0.344. The summed E-state index contributed by atoms with van der Waals surface area (Å²) < 4.78 is 0. The molecule has 1 unspecified atom stereocenters. The first-order valence-corrected chi connectivity index (χ1v) is 6.08. The summed E-state index contributed by atoms with van der Waals surface area (Å²) in [6.07, 6.45) is 2.20. The van der Waals surface area contributed by atoms with Gasteiger partial charge in [0.15, 0.2) is 0 Å². The van der Waals surface area contributed by atoms with Crippen LogP contribution in [-0.4, -0.2) is 22.1 Å². The van der Waals surface area contributed by atoms with E-state index < -0.39 is 12.0 Å². The number of nitrogens with one attached hydrogen (secondary N) is 1. The van der Waals surface area contributed by atoms with Gasteiger partial charge in [-0.25, -0.2) is 0 Å². The standard InChI is InChI=1S/C14H18N2O2/c1-8(2)10-4-3-5-11-9(7-16-13(10)11)6-12(15)14(17)18/h3-5,7-8,12,16H,6,15H2,1-2H3,(H,17,18). The smallest absolute Gasteiger partial charge is 0.320 e. The van der Waals surface area contributed by atoms with Gasteiger partial charge in [0.1, 0.15) is 6.04 Å². The molecule has 0 fully saturated rings. The molecule has 0 saturated carbocycles. The maximum atomic E-state index is 10.8. The zero-order valence-corrected chi connectivity index (χ0v) is 10.6. The Morgan fingerprint density at radius 2 is 2.17 bits per heavy atom. The Bertz CT molecular complexity index is 572. The fourth-order valence-electron chi connectivity index (χ4n) is 2.21. The number of rotatable bonds is 4. The second-order valence-corrected chi connectivity index (χ2v) is 4.89. The summed E-state index contributed by atoms with van der Waals surface area (Å²) in [6.45, 7) is 4.27. The Hall–Kier alpha value is -1.81. The van der Waals surface area contributed by atoms with Crippen LogP contribution >= 0.6 is 0 Å². The summed E-state index contributed by atoms with van der Waals surface area (Å²) in [5.41, 5.74) is 8.87. The van der Waals surface area contributed by atoms with Crippen LogP contribution in [0, 0.1) is 0 Å². The number of para-hydroxylation sites is 1. The lowest BCUT2D eigenvalue weighted by atomic mass is 9.98. The van der Waals surface area contributed by atoms with Crippen molar-refractivity contribution >= 4 is 16.9 Å². The van der Waals surface area contributed by atoms with Gasteiger partial charge in [-0.2, -0.15) is 0 Å². The van der Waals surface area contributed by atoms with Crippen LogP contribution in [0.3, 0.4) is 0 Å². The number of aliphatic carboxylic acids is 1. The van der Waals surface area contributed by atoms with Crippen LogP contribution in [0.2, 0.25) is 0 Å². The Labute approximate surface area is 106 Å². The van der Waals surface area contributed by atoms with Crippen molar-refractivity contribution in [2.24, 2.45) is 5.73 Å². The van der Waals surface area contributed by atoms with Crippen LogP contribution in [0.1, 0.15) is 30.9 Å². The van der Waals surface area contributed by atoms with E-state index in [1.54, 1.807) is 0 Å². The zero-order chi connectivity index (χ0) is 13.3. The number of benzene rings is 1.